The smallest absolute Gasteiger partial charge is 0.141 e. The van der Waals surface area contributed by atoms with E-state index in [1.807, 2.05) is 33.0 Å². The summed E-state index contributed by atoms with van der Waals surface area (Å²) in [6.07, 6.45) is 0. The van der Waals surface area contributed by atoms with E-state index in [0.717, 1.165) is 33.6 Å². The van der Waals surface area contributed by atoms with Gasteiger partial charge in [0.25, 0.3) is 0 Å². The number of benzene rings is 1. The van der Waals surface area contributed by atoms with Crippen LogP contribution in [0.1, 0.15) is 29.8 Å². The third-order valence-corrected chi connectivity index (χ3v) is 4.18. The van der Waals surface area contributed by atoms with Crippen molar-refractivity contribution >= 4 is 0 Å². The topological polar surface area (TPSA) is 75.0 Å². The molecule has 2 aromatic heterocycles. The Balaban J connectivity index is 2.48. The summed E-state index contributed by atoms with van der Waals surface area (Å²) in [5.41, 5.74) is 5.21. The monoisotopic (exact) mass is 331 g/mol. The van der Waals surface area contributed by atoms with Gasteiger partial charge in [0, 0.05) is 18.2 Å². The van der Waals surface area contributed by atoms with E-state index in [1.54, 1.807) is 23.6 Å². The number of rotatable bonds is 2. The molecule has 3 aromatic rings. The molecule has 0 fully saturated rings. The van der Waals surface area contributed by atoms with Gasteiger partial charge in [-0.05, 0) is 44.4 Å². The van der Waals surface area contributed by atoms with Crippen LogP contribution in [0, 0.1) is 37.0 Å². The number of phenolic OH excluding ortho intramolecular Hbond substituents is 1. The van der Waals surface area contributed by atoms with Crippen LogP contribution in [0.25, 0.3) is 22.3 Å². The van der Waals surface area contributed by atoms with Crippen LogP contribution in [0.4, 0.5) is 0 Å². The summed E-state index contributed by atoms with van der Waals surface area (Å²) in [4.78, 5) is 0. The van der Waals surface area contributed by atoms with Gasteiger partial charge in [0.1, 0.15) is 29.0 Å². The van der Waals surface area contributed by atoms with Crippen LogP contribution in [0.3, 0.4) is 0 Å². The quantitative estimate of drug-likeness (QED) is 0.722. The lowest BCUT2D eigenvalue weighted by Gasteiger charge is -2.06. The predicted octanol–water partition coefficient (Wildman–Crippen LogP) is 3.91. The Bertz CT molecular complexity index is 1030. The second-order valence-electron chi connectivity index (χ2n) is 5.74. The molecular weight excluding hydrogens is 314 g/mol. The second-order valence-corrected chi connectivity index (χ2v) is 5.74. The Morgan fingerprint density at radius 3 is 2.28 bits per heavy atom. The number of aryl methyl sites for hydroxylation is 2. The van der Waals surface area contributed by atoms with Gasteiger partial charge in [0.15, 0.2) is 0 Å². The van der Waals surface area contributed by atoms with E-state index in [0.29, 0.717) is 11.5 Å². The highest BCUT2D eigenvalue weighted by atomic mass is 16.5. The molecule has 0 saturated heterocycles. The average Bonchev–Trinajstić information content (AvgIpc) is 3.06. The molecule has 3 rings (SSSR count). The van der Waals surface area contributed by atoms with Crippen LogP contribution >= 0.6 is 0 Å². The minimum Gasteiger partial charge on any atom is -0.508 e. The molecule has 25 heavy (non-hydrogen) atoms. The van der Waals surface area contributed by atoms with Crippen LogP contribution < -0.4 is 0 Å². The highest BCUT2D eigenvalue weighted by molar-refractivity contribution is 5.92. The first-order valence-corrected chi connectivity index (χ1v) is 7.77. The number of hydrogen-bond acceptors (Lipinski definition) is 4. The number of aromatic hydroxyl groups is 1. The Kier molecular flexibility index (Phi) is 4.09. The number of hydrogen-bond donors (Lipinski definition) is 1. The third-order valence-electron chi connectivity index (χ3n) is 4.18. The fourth-order valence-electron chi connectivity index (χ4n) is 3.07. The SMILES string of the molecule is CC#Cc1c(-c2ccc(O)cc2)c(-c2c(C)noc2C)c(C#N)n1C. The maximum Gasteiger partial charge on any atom is 0.141 e. The molecule has 0 bridgehead atoms. The second kappa shape index (κ2) is 6.22. The van der Waals surface area contributed by atoms with Crippen LogP contribution in [-0.2, 0) is 7.05 Å². The van der Waals surface area contributed by atoms with Crippen LogP contribution in [-0.4, -0.2) is 14.8 Å². The van der Waals surface area contributed by atoms with Gasteiger partial charge in [-0.2, -0.15) is 5.26 Å². The number of nitrogens with zero attached hydrogens (tertiary/aromatic N) is 3. The van der Waals surface area contributed by atoms with Gasteiger partial charge in [-0.15, -0.1) is 0 Å². The molecule has 1 aromatic carbocycles. The van der Waals surface area contributed by atoms with E-state index < -0.39 is 0 Å². The van der Waals surface area contributed by atoms with Crippen molar-refractivity contribution in [3.63, 3.8) is 0 Å². The molecule has 0 aliphatic heterocycles. The fraction of sp³-hybridized carbons (Fsp3) is 0.200. The van der Waals surface area contributed by atoms with Gasteiger partial charge in [0.2, 0.25) is 0 Å². The summed E-state index contributed by atoms with van der Waals surface area (Å²) < 4.78 is 7.12. The molecule has 2 heterocycles. The van der Waals surface area contributed by atoms with Gasteiger partial charge in [-0.1, -0.05) is 23.2 Å². The molecule has 0 unspecified atom stereocenters. The van der Waals surface area contributed by atoms with Crippen molar-refractivity contribution < 1.29 is 9.63 Å². The summed E-state index contributed by atoms with van der Waals surface area (Å²) in [5.74, 6) is 6.85. The largest absolute Gasteiger partial charge is 0.508 e. The molecule has 0 amide bonds. The number of phenols is 1. The zero-order valence-electron chi connectivity index (χ0n) is 14.5. The molecule has 5 nitrogen and oxygen atoms in total. The standard InChI is InChI=1S/C20H17N3O2/c1-5-6-16-19(14-7-9-15(24)10-8-14)20(17(11-21)23(16)4)18-12(2)22-25-13(18)3/h7-10,24H,1-4H3. The van der Waals surface area contributed by atoms with E-state index in [2.05, 4.69) is 23.1 Å². The van der Waals surface area contributed by atoms with E-state index in [4.69, 9.17) is 4.52 Å². The third kappa shape index (κ3) is 2.56. The summed E-state index contributed by atoms with van der Waals surface area (Å²) in [6, 6.07) is 9.15. The summed E-state index contributed by atoms with van der Waals surface area (Å²) >= 11 is 0. The van der Waals surface area contributed by atoms with Crippen LogP contribution in [0.15, 0.2) is 28.8 Å². The van der Waals surface area contributed by atoms with E-state index in [1.165, 1.54) is 0 Å². The first-order valence-electron chi connectivity index (χ1n) is 7.77. The normalized spacial score (nSPS) is 10.2. The summed E-state index contributed by atoms with van der Waals surface area (Å²) in [6.45, 7) is 5.44. The molecule has 124 valence electrons. The molecular formula is C20H17N3O2. The van der Waals surface area contributed by atoms with Crippen molar-refractivity contribution in [3.05, 3.63) is 47.1 Å². The lowest BCUT2D eigenvalue weighted by atomic mass is 9.94. The highest BCUT2D eigenvalue weighted by Crippen LogP contribution is 2.42. The van der Waals surface area contributed by atoms with Crippen molar-refractivity contribution in [3.8, 4) is 45.9 Å². The summed E-state index contributed by atoms with van der Waals surface area (Å²) in [5, 5.41) is 23.4. The Labute approximate surface area is 146 Å². The minimum atomic E-state index is 0.183. The first-order chi connectivity index (χ1) is 12.0. The molecule has 0 saturated carbocycles. The summed E-state index contributed by atoms with van der Waals surface area (Å²) in [7, 11) is 1.82. The lowest BCUT2D eigenvalue weighted by molar-refractivity contribution is 0.393. The van der Waals surface area contributed by atoms with Gasteiger partial charge in [-0.25, -0.2) is 0 Å². The highest BCUT2D eigenvalue weighted by Gasteiger charge is 2.27. The zero-order chi connectivity index (χ0) is 18.1. The Hall–Kier alpha value is -3.44. The zero-order valence-corrected chi connectivity index (χ0v) is 14.5. The maximum atomic E-state index is 9.77. The van der Waals surface area contributed by atoms with Crippen LogP contribution in [0.2, 0.25) is 0 Å². The molecule has 0 aliphatic carbocycles. The molecule has 5 heteroatoms. The van der Waals surface area contributed by atoms with Gasteiger partial charge >= 0.3 is 0 Å². The molecule has 0 spiro atoms. The van der Waals surface area contributed by atoms with Gasteiger partial charge in [-0.3, -0.25) is 0 Å². The van der Waals surface area contributed by atoms with Crippen LogP contribution in [0.5, 0.6) is 5.75 Å². The molecule has 0 aliphatic rings. The lowest BCUT2D eigenvalue weighted by Crippen LogP contribution is -1.96. The predicted molar refractivity (Wildman–Crippen MR) is 94.8 cm³/mol. The minimum absolute atomic E-state index is 0.183. The Morgan fingerprint density at radius 2 is 1.76 bits per heavy atom. The average molecular weight is 331 g/mol. The number of aromatic nitrogens is 2. The number of nitriles is 1. The fourth-order valence-corrected chi connectivity index (χ4v) is 3.07. The Morgan fingerprint density at radius 1 is 1.08 bits per heavy atom. The van der Waals surface area contributed by atoms with Crippen molar-refractivity contribution in [2.24, 2.45) is 7.05 Å². The van der Waals surface area contributed by atoms with Crippen molar-refractivity contribution in [2.75, 3.05) is 0 Å². The van der Waals surface area contributed by atoms with Crippen molar-refractivity contribution in [1.29, 1.82) is 5.26 Å². The maximum absolute atomic E-state index is 9.77. The van der Waals surface area contributed by atoms with Gasteiger partial charge < -0.3 is 14.2 Å². The van der Waals surface area contributed by atoms with Crippen molar-refractivity contribution in [1.82, 2.24) is 9.72 Å². The molecule has 0 radical (unpaired) electrons. The molecule has 1 N–H and O–H groups in total. The van der Waals surface area contributed by atoms with E-state index in [9.17, 15) is 10.4 Å². The van der Waals surface area contributed by atoms with E-state index in [-0.39, 0.29) is 5.75 Å². The van der Waals surface area contributed by atoms with Gasteiger partial charge in [0.05, 0.1) is 11.3 Å². The first kappa shape index (κ1) is 16.4. The molecule has 0 atom stereocenters. The van der Waals surface area contributed by atoms with Crippen molar-refractivity contribution in [2.45, 2.75) is 20.8 Å². The van der Waals surface area contributed by atoms with E-state index >= 15 is 0 Å².